The van der Waals surface area contributed by atoms with E-state index in [0.29, 0.717) is 5.56 Å². The van der Waals surface area contributed by atoms with Gasteiger partial charge in [-0.2, -0.15) is 0 Å². The lowest BCUT2D eigenvalue weighted by Gasteiger charge is -2.05. The van der Waals surface area contributed by atoms with Crippen LogP contribution in [0.4, 0.5) is 0 Å². The van der Waals surface area contributed by atoms with Crippen molar-refractivity contribution in [3.63, 3.8) is 0 Å². The smallest absolute Gasteiger partial charge is 0.254 e. The summed E-state index contributed by atoms with van der Waals surface area (Å²) in [5.74, 6) is -0.276. The van der Waals surface area contributed by atoms with Crippen molar-refractivity contribution in [3.8, 4) is 0 Å². The molecule has 0 aliphatic rings. The molecule has 5 nitrogen and oxygen atoms in total. The molecule has 0 radical (unpaired) electrons. The van der Waals surface area contributed by atoms with Crippen LogP contribution in [0.2, 0.25) is 0 Å². The molecular formula is C8H11N3O2. The highest BCUT2D eigenvalue weighted by molar-refractivity contribution is 5.93. The topological polar surface area (TPSA) is 75.1 Å². The van der Waals surface area contributed by atoms with Crippen LogP contribution in [0.5, 0.6) is 0 Å². The molecule has 0 spiro atoms. The molecule has 0 aromatic carbocycles. The minimum atomic E-state index is -0.548. The Morgan fingerprint density at radius 1 is 1.62 bits per heavy atom. The first-order valence-electron chi connectivity index (χ1n) is 3.91. The first-order valence-corrected chi connectivity index (χ1v) is 3.91. The predicted octanol–water partition coefficient (Wildman–Crippen LogP) is -0.413. The van der Waals surface area contributed by atoms with E-state index in [1.807, 2.05) is 0 Å². The fraction of sp³-hybridized carbons (Fsp3) is 0.375. The number of hydrogen-bond donors (Lipinski definition) is 2. The van der Waals surface area contributed by atoms with Crippen LogP contribution in [-0.4, -0.2) is 33.6 Å². The highest BCUT2D eigenvalue weighted by Gasteiger charge is 2.05. The Morgan fingerprint density at radius 3 is 2.77 bits per heavy atom. The van der Waals surface area contributed by atoms with Crippen molar-refractivity contribution in [2.24, 2.45) is 0 Å². The zero-order valence-electron chi connectivity index (χ0n) is 7.27. The maximum atomic E-state index is 11.2. The van der Waals surface area contributed by atoms with Crippen LogP contribution in [0.25, 0.3) is 0 Å². The molecule has 1 atom stereocenters. The van der Waals surface area contributed by atoms with Gasteiger partial charge in [0.25, 0.3) is 5.91 Å². The van der Waals surface area contributed by atoms with Gasteiger partial charge in [0.2, 0.25) is 0 Å². The third-order valence-corrected chi connectivity index (χ3v) is 1.38. The van der Waals surface area contributed by atoms with Crippen LogP contribution < -0.4 is 5.32 Å². The second-order valence-corrected chi connectivity index (χ2v) is 2.69. The molecular weight excluding hydrogens is 170 g/mol. The Hall–Kier alpha value is -1.49. The predicted molar refractivity (Wildman–Crippen MR) is 46.0 cm³/mol. The molecule has 1 amide bonds. The number of nitrogens with zero attached hydrogens (tertiary/aromatic N) is 2. The van der Waals surface area contributed by atoms with Crippen molar-refractivity contribution in [2.75, 3.05) is 6.54 Å². The second-order valence-electron chi connectivity index (χ2n) is 2.69. The van der Waals surface area contributed by atoms with E-state index in [1.165, 1.54) is 18.7 Å². The molecule has 1 unspecified atom stereocenters. The van der Waals surface area contributed by atoms with Crippen molar-refractivity contribution >= 4 is 5.91 Å². The average molecular weight is 181 g/mol. The molecule has 1 heterocycles. The van der Waals surface area contributed by atoms with E-state index < -0.39 is 6.10 Å². The first kappa shape index (κ1) is 9.60. The second kappa shape index (κ2) is 4.51. The summed E-state index contributed by atoms with van der Waals surface area (Å²) < 4.78 is 0. The van der Waals surface area contributed by atoms with Crippen LogP contribution >= 0.6 is 0 Å². The monoisotopic (exact) mass is 181 g/mol. The Balaban J connectivity index is 2.50. The standard InChI is InChI=1S/C8H11N3O2/c1-6(12)2-11-8(13)7-3-9-5-10-4-7/h3-6,12H,2H2,1H3,(H,11,13). The van der Waals surface area contributed by atoms with Crippen molar-refractivity contribution in [1.82, 2.24) is 15.3 Å². The Kier molecular flexibility index (Phi) is 3.33. The summed E-state index contributed by atoms with van der Waals surface area (Å²) in [6.07, 6.45) is 3.65. The maximum absolute atomic E-state index is 11.2. The number of amides is 1. The summed E-state index contributed by atoms with van der Waals surface area (Å²) >= 11 is 0. The van der Waals surface area contributed by atoms with Crippen LogP contribution in [0.3, 0.4) is 0 Å². The number of nitrogens with one attached hydrogen (secondary N) is 1. The van der Waals surface area contributed by atoms with E-state index in [-0.39, 0.29) is 12.5 Å². The molecule has 0 aliphatic carbocycles. The van der Waals surface area contributed by atoms with Gasteiger partial charge in [0, 0.05) is 18.9 Å². The Bertz CT molecular complexity index is 274. The quantitative estimate of drug-likeness (QED) is 0.664. The number of rotatable bonds is 3. The fourth-order valence-corrected chi connectivity index (χ4v) is 0.759. The van der Waals surface area contributed by atoms with Gasteiger partial charge in [-0.1, -0.05) is 0 Å². The van der Waals surface area contributed by atoms with Gasteiger partial charge in [-0.15, -0.1) is 0 Å². The van der Waals surface area contributed by atoms with Gasteiger partial charge in [0.05, 0.1) is 11.7 Å². The lowest BCUT2D eigenvalue weighted by Crippen LogP contribution is -2.30. The molecule has 5 heteroatoms. The minimum absolute atomic E-state index is 0.230. The number of carbonyl (C=O) groups excluding carboxylic acids is 1. The van der Waals surface area contributed by atoms with E-state index >= 15 is 0 Å². The van der Waals surface area contributed by atoms with Crippen LogP contribution in [0.15, 0.2) is 18.7 Å². The molecule has 2 N–H and O–H groups in total. The molecule has 70 valence electrons. The third kappa shape index (κ3) is 3.16. The largest absolute Gasteiger partial charge is 0.392 e. The van der Waals surface area contributed by atoms with Gasteiger partial charge >= 0.3 is 0 Å². The molecule has 1 aromatic rings. The molecule has 0 fully saturated rings. The molecule has 0 saturated heterocycles. The summed E-state index contributed by atoms with van der Waals surface area (Å²) in [5.41, 5.74) is 0.392. The summed E-state index contributed by atoms with van der Waals surface area (Å²) in [4.78, 5) is 18.6. The van der Waals surface area contributed by atoms with Crippen LogP contribution in [-0.2, 0) is 0 Å². The van der Waals surface area contributed by atoms with Gasteiger partial charge in [-0.05, 0) is 6.92 Å². The van der Waals surface area contributed by atoms with Crippen LogP contribution in [0, 0.1) is 0 Å². The zero-order valence-corrected chi connectivity index (χ0v) is 7.27. The highest BCUT2D eigenvalue weighted by Crippen LogP contribution is 1.91. The van der Waals surface area contributed by atoms with Gasteiger partial charge in [-0.3, -0.25) is 4.79 Å². The highest BCUT2D eigenvalue weighted by atomic mass is 16.3. The Labute approximate surface area is 75.8 Å². The average Bonchev–Trinajstić information content (AvgIpc) is 2.15. The van der Waals surface area contributed by atoms with E-state index in [1.54, 1.807) is 6.92 Å². The molecule has 0 saturated carbocycles. The van der Waals surface area contributed by atoms with Gasteiger partial charge < -0.3 is 10.4 Å². The number of aliphatic hydroxyl groups is 1. The number of aliphatic hydroxyl groups excluding tert-OH is 1. The van der Waals surface area contributed by atoms with Crippen LogP contribution in [0.1, 0.15) is 17.3 Å². The third-order valence-electron chi connectivity index (χ3n) is 1.38. The normalized spacial score (nSPS) is 12.2. The number of aromatic nitrogens is 2. The molecule has 0 bridgehead atoms. The lowest BCUT2D eigenvalue weighted by molar-refractivity contribution is 0.0923. The van der Waals surface area contributed by atoms with Gasteiger partial charge in [0.1, 0.15) is 6.33 Å². The first-order chi connectivity index (χ1) is 6.20. The summed E-state index contributed by atoms with van der Waals surface area (Å²) in [5, 5.41) is 11.4. The molecule has 0 aliphatic heterocycles. The lowest BCUT2D eigenvalue weighted by atomic mass is 10.3. The molecule has 13 heavy (non-hydrogen) atoms. The fourth-order valence-electron chi connectivity index (χ4n) is 0.759. The van der Waals surface area contributed by atoms with Crippen molar-refractivity contribution < 1.29 is 9.90 Å². The SMILES string of the molecule is CC(O)CNC(=O)c1cncnc1. The van der Waals surface area contributed by atoms with E-state index in [9.17, 15) is 4.79 Å². The van der Waals surface area contributed by atoms with E-state index in [2.05, 4.69) is 15.3 Å². The minimum Gasteiger partial charge on any atom is -0.392 e. The van der Waals surface area contributed by atoms with Gasteiger partial charge in [-0.25, -0.2) is 9.97 Å². The van der Waals surface area contributed by atoms with Crippen molar-refractivity contribution in [2.45, 2.75) is 13.0 Å². The van der Waals surface area contributed by atoms with Crippen molar-refractivity contribution in [1.29, 1.82) is 0 Å². The van der Waals surface area contributed by atoms with Gasteiger partial charge in [0.15, 0.2) is 0 Å². The number of carbonyl (C=O) groups is 1. The molecule has 1 rings (SSSR count). The zero-order chi connectivity index (χ0) is 9.68. The summed E-state index contributed by atoms with van der Waals surface area (Å²) in [6, 6.07) is 0. The van der Waals surface area contributed by atoms with E-state index in [4.69, 9.17) is 5.11 Å². The summed E-state index contributed by atoms with van der Waals surface area (Å²) in [7, 11) is 0. The Morgan fingerprint density at radius 2 is 2.23 bits per heavy atom. The number of hydrogen-bond acceptors (Lipinski definition) is 4. The molecule has 1 aromatic heterocycles. The van der Waals surface area contributed by atoms with E-state index in [0.717, 1.165) is 0 Å². The van der Waals surface area contributed by atoms with Crippen molar-refractivity contribution in [3.05, 3.63) is 24.3 Å². The summed E-state index contributed by atoms with van der Waals surface area (Å²) in [6.45, 7) is 1.83. The maximum Gasteiger partial charge on any atom is 0.254 e.